The number of hydrogen-bond acceptors (Lipinski definition) is 1. The zero-order chi connectivity index (χ0) is 22.4. The summed E-state index contributed by atoms with van der Waals surface area (Å²) < 4.78 is 0. The molecule has 0 heterocycles. The average Bonchev–Trinajstić information content (AvgIpc) is 2.75. The third-order valence-electron chi connectivity index (χ3n) is 6.31. The monoisotopic (exact) mass is 429 g/mol. The van der Waals surface area contributed by atoms with Gasteiger partial charge in [0.2, 0.25) is 5.91 Å². The highest BCUT2D eigenvalue weighted by molar-refractivity contribution is 5.90. The Labute approximate surface area is 194 Å². The Morgan fingerprint density at radius 1 is 0.645 bits per heavy atom. The fraction of sp³-hybridized carbons (Fsp3) is 0.759. The van der Waals surface area contributed by atoms with E-state index in [9.17, 15) is 4.79 Å². The second-order valence-corrected chi connectivity index (χ2v) is 9.53. The number of hydrogen-bond donors (Lipinski definition) is 1. The molecule has 31 heavy (non-hydrogen) atoms. The molecular formula is C29H51NO. The van der Waals surface area contributed by atoms with Gasteiger partial charge in [0.05, 0.1) is 0 Å². The van der Waals surface area contributed by atoms with E-state index in [1.165, 1.54) is 121 Å². The smallest absolute Gasteiger partial charge is 0.224 e. The van der Waals surface area contributed by atoms with E-state index in [2.05, 4.69) is 12.2 Å². The molecule has 1 rings (SSSR count). The van der Waals surface area contributed by atoms with Gasteiger partial charge in [0.25, 0.3) is 0 Å². The summed E-state index contributed by atoms with van der Waals surface area (Å²) in [4.78, 5) is 12.0. The highest BCUT2D eigenvalue weighted by Crippen LogP contribution is 2.15. The van der Waals surface area contributed by atoms with Crippen LogP contribution in [0.3, 0.4) is 0 Å². The lowest BCUT2D eigenvalue weighted by Crippen LogP contribution is -2.11. The van der Waals surface area contributed by atoms with E-state index >= 15 is 0 Å². The number of nitrogens with one attached hydrogen (secondary N) is 1. The van der Waals surface area contributed by atoms with Crippen molar-refractivity contribution in [1.82, 2.24) is 0 Å². The van der Waals surface area contributed by atoms with Crippen LogP contribution < -0.4 is 5.32 Å². The summed E-state index contributed by atoms with van der Waals surface area (Å²) in [5.74, 6) is 0.151. The summed E-state index contributed by atoms with van der Waals surface area (Å²) in [5.41, 5.74) is 2.10. The minimum Gasteiger partial charge on any atom is -0.326 e. The van der Waals surface area contributed by atoms with Crippen molar-refractivity contribution in [3.63, 3.8) is 0 Å². The topological polar surface area (TPSA) is 29.1 Å². The third kappa shape index (κ3) is 18.0. The molecule has 0 aliphatic rings. The van der Waals surface area contributed by atoms with Crippen molar-refractivity contribution in [1.29, 1.82) is 0 Å². The van der Waals surface area contributed by atoms with Gasteiger partial charge in [-0.15, -0.1) is 0 Å². The van der Waals surface area contributed by atoms with Gasteiger partial charge in [0.1, 0.15) is 0 Å². The molecule has 0 unspecified atom stereocenters. The lowest BCUT2D eigenvalue weighted by atomic mass is 10.0. The molecule has 1 N–H and O–H groups in total. The van der Waals surface area contributed by atoms with Gasteiger partial charge >= 0.3 is 0 Å². The SMILES string of the molecule is CCCCCCCCCCCCCCCCCCCCCC(=O)Nc1cccc(C)c1. The quantitative estimate of drug-likeness (QED) is 0.193. The molecule has 0 spiro atoms. The standard InChI is InChI=1S/C29H51NO/c1-3-4-5-6-7-8-9-10-11-12-13-14-15-16-17-18-19-20-21-25-29(31)30-28-24-22-23-27(2)26-28/h22-24,26H,3-21,25H2,1-2H3,(H,30,31). The molecule has 0 saturated heterocycles. The number of carbonyl (C=O) groups excluding carboxylic acids is 1. The molecule has 1 aromatic rings. The van der Waals surface area contributed by atoms with Crippen LogP contribution in [0.15, 0.2) is 24.3 Å². The first-order valence-electron chi connectivity index (χ1n) is 13.6. The molecule has 2 heteroatoms. The normalized spacial score (nSPS) is 11.0. The van der Waals surface area contributed by atoms with Crippen molar-refractivity contribution < 1.29 is 4.79 Å². The maximum Gasteiger partial charge on any atom is 0.224 e. The van der Waals surface area contributed by atoms with Crippen molar-refractivity contribution in [2.45, 2.75) is 142 Å². The fourth-order valence-electron chi connectivity index (χ4n) is 4.31. The van der Waals surface area contributed by atoms with Gasteiger partial charge in [-0.2, -0.15) is 0 Å². The molecule has 0 aliphatic carbocycles. The predicted octanol–water partition coefficient (Wildman–Crippen LogP) is 9.76. The Morgan fingerprint density at radius 2 is 1.06 bits per heavy atom. The van der Waals surface area contributed by atoms with Crippen molar-refractivity contribution in [3.8, 4) is 0 Å². The first-order chi connectivity index (χ1) is 15.2. The van der Waals surface area contributed by atoms with Gasteiger partial charge in [-0.05, 0) is 31.0 Å². The molecule has 2 nitrogen and oxygen atoms in total. The fourth-order valence-corrected chi connectivity index (χ4v) is 4.31. The van der Waals surface area contributed by atoms with Crippen LogP contribution >= 0.6 is 0 Å². The number of amides is 1. The van der Waals surface area contributed by atoms with Crippen molar-refractivity contribution in [2.75, 3.05) is 5.32 Å². The minimum atomic E-state index is 0.151. The molecule has 1 aromatic carbocycles. The second kappa shape index (κ2) is 20.6. The van der Waals surface area contributed by atoms with Crippen molar-refractivity contribution in [2.24, 2.45) is 0 Å². The molecule has 0 aliphatic heterocycles. The van der Waals surface area contributed by atoms with Crippen LogP contribution in [0.4, 0.5) is 5.69 Å². The molecule has 0 atom stereocenters. The van der Waals surface area contributed by atoms with Crippen LogP contribution in [0.1, 0.15) is 141 Å². The summed E-state index contributed by atoms with van der Waals surface area (Å²) in [6.45, 7) is 4.34. The van der Waals surface area contributed by atoms with Crippen molar-refractivity contribution in [3.05, 3.63) is 29.8 Å². The summed E-state index contributed by atoms with van der Waals surface area (Å²) in [6.07, 6.45) is 26.9. The van der Waals surface area contributed by atoms with E-state index < -0.39 is 0 Å². The van der Waals surface area contributed by atoms with E-state index in [1.807, 2.05) is 31.2 Å². The van der Waals surface area contributed by atoms with Gasteiger partial charge in [-0.1, -0.05) is 135 Å². The highest BCUT2D eigenvalue weighted by Gasteiger charge is 2.02. The van der Waals surface area contributed by atoms with E-state index in [0.29, 0.717) is 6.42 Å². The number of carbonyl (C=O) groups is 1. The maximum atomic E-state index is 12.0. The molecular weight excluding hydrogens is 378 g/mol. The number of anilines is 1. The zero-order valence-corrected chi connectivity index (χ0v) is 20.9. The first kappa shape index (κ1) is 27.7. The van der Waals surface area contributed by atoms with Crippen LogP contribution in [0.5, 0.6) is 0 Å². The summed E-state index contributed by atoms with van der Waals surface area (Å²) in [6, 6.07) is 8.02. The molecule has 1 amide bonds. The predicted molar refractivity (Wildman–Crippen MR) is 138 cm³/mol. The maximum absolute atomic E-state index is 12.0. The van der Waals surface area contributed by atoms with Crippen LogP contribution in [0.25, 0.3) is 0 Å². The Bertz CT molecular complexity index is 539. The van der Waals surface area contributed by atoms with Crippen LogP contribution in [0.2, 0.25) is 0 Å². The molecule has 0 aromatic heterocycles. The summed E-state index contributed by atoms with van der Waals surface area (Å²) in [7, 11) is 0. The van der Waals surface area contributed by atoms with Crippen molar-refractivity contribution >= 4 is 11.6 Å². The highest BCUT2D eigenvalue weighted by atomic mass is 16.1. The minimum absolute atomic E-state index is 0.151. The molecule has 0 bridgehead atoms. The Hall–Kier alpha value is -1.31. The molecule has 0 fully saturated rings. The average molecular weight is 430 g/mol. The second-order valence-electron chi connectivity index (χ2n) is 9.53. The number of rotatable bonds is 21. The molecule has 178 valence electrons. The van der Waals surface area contributed by atoms with Crippen LogP contribution in [-0.4, -0.2) is 5.91 Å². The number of aryl methyl sites for hydroxylation is 1. The Morgan fingerprint density at radius 3 is 1.48 bits per heavy atom. The Kier molecular flexibility index (Phi) is 18.4. The summed E-state index contributed by atoms with van der Waals surface area (Å²) >= 11 is 0. The Balaban J connectivity index is 1.75. The number of unbranched alkanes of at least 4 members (excludes halogenated alkanes) is 18. The summed E-state index contributed by atoms with van der Waals surface area (Å²) in [5, 5.41) is 3.00. The van der Waals surface area contributed by atoms with Gasteiger partial charge in [-0.3, -0.25) is 4.79 Å². The van der Waals surface area contributed by atoms with Gasteiger partial charge < -0.3 is 5.32 Å². The van der Waals surface area contributed by atoms with Crippen LogP contribution in [-0.2, 0) is 4.79 Å². The van der Waals surface area contributed by atoms with Gasteiger partial charge in [-0.25, -0.2) is 0 Å². The van der Waals surface area contributed by atoms with E-state index in [1.54, 1.807) is 0 Å². The largest absolute Gasteiger partial charge is 0.326 e. The molecule has 0 radical (unpaired) electrons. The van der Waals surface area contributed by atoms with E-state index in [0.717, 1.165) is 12.1 Å². The lowest BCUT2D eigenvalue weighted by Gasteiger charge is -2.06. The zero-order valence-electron chi connectivity index (χ0n) is 20.9. The van der Waals surface area contributed by atoms with Gasteiger partial charge in [0, 0.05) is 12.1 Å². The van der Waals surface area contributed by atoms with Gasteiger partial charge in [0.15, 0.2) is 0 Å². The molecule has 0 saturated carbocycles. The third-order valence-corrected chi connectivity index (χ3v) is 6.31. The van der Waals surface area contributed by atoms with Crippen LogP contribution in [0, 0.1) is 6.92 Å². The van der Waals surface area contributed by atoms with E-state index in [4.69, 9.17) is 0 Å². The first-order valence-corrected chi connectivity index (χ1v) is 13.6. The lowest BCUT2D eigenvalue weighted by molar-refractivity contribution is -0.116. The number of benzene rings is 1. The van der Waals surface area contributed by atoms with E-state index in [-0.39, 0.29) is 5.91 Å².